The zero-order valence-corrected chi connectivity index (χ0v) is 10.7. The molecule has 1 aliphatic heterocycles. The van der Waals surface area contributed by atoms with Gasteiger partial charge in [-0.3, -0.25) is 0 Å². The van der Waals surface area contributed by atoms with E-state index in [1.165, 1.54) is 4.31 Å². The Labute approximate surface area is 102 Å². The molecule has 2 rings (SSSR count). The Morgan fingerprint density at radius 3 is 2.41 bits per heavy atom. The smallest absolute Gasteiger partial charge is 0.370 e. The van der Waals surface area contributed by atoms with Crippen LogP contribution in [0.3, 0.4) is 0 Å². The molecule has 0 saturated carbocycles. The lowest BCUT2D eigenvalue weighted by Gasteiger charge is -2.25. The van der Waals surface area contributed by atoms with Crippen LogP contribution < -0.4 is 4.18 Å². The highest BCUT2D eigenvalue weighted by Gasteiger charge is 2.26. The largest absolute Gasteiger partial charge is 0.385 e. The molecule has 0 N–H and O–H groups in total. The molecule has 0 spiro atoms. The third kappa shape index (κ3) is 2.98. The summed E-state index contributed by atoms with van der Waals surface area (Å²) in [5, 5.41) is 0. The van der Waals surface area contributed by atoms with Crippen molar-refractivity contribution in [1.82, 2.24) is 4.31 Å². The molecular weight excluding hydrogens is 238 g/mol. The molecule has 0 aliphatic carbocycles. The molecular formula is C12H17NO3S. The van der Waals surface area contributed by atoms with Crippen molar-refractivity contribution in [2.75, 3.05) is 13.1 Å². The molecule has 0 aromatic heterocycles. The maximum atomic E-state index is 12.0. The van der Waals surface area contributed by atoms with E-state index in [-0.39, 0.29) is 0 Å². The van der Waals surface area contributed by atoms with E-state index in [0.29, 0.717) is 18.8 Å². The second-order valence-corrected chi connectivity index (χ2v) is 5.80. The fourth-order valence-corrected chi connectivity index (χ4v) is 3.13. The van der Waals surface area contributed by atoms with Gasteiger partial charge < -0.3 is 4.18 Å². The summed E-state index contributed by atoms with van der Waals surface area (Å²) in [4.78, 5) is 0. The first-order valence-corrected chi connectivity index (χ1v) is 7.21. The molecule has 1 aromatic rings. The minimum absolute atomic E-state index is 0.415. The van der Waals surface area contributed by atoms with Gasteiger partial charge in [-0.15, -0.1) is 0 Å². The zero-order chi connectivity index (χ0) is 12.3. The first-order valence-electron chi connectivity index (χ1n) is 5.85. The normalized spacial score (nSPS) is 17.9. The molecule has 1 aromatic carbocycles. The van der Waals surface area contributed by atoms with Gasteiger partial charge in [0.25, 0.3) is 0 Å². The third-order valence-electron chi connectivity index (χ3n) is 2.92. The topological polar surface area (TPSA) is 46.6 Å². The fourth-order valence-electron chi connectivity index (χ4n) is 1.90. The maximum Gasteiger partial charge on any atom is 0.385 e. The van der Waals surface area contributed by atoms with Crippen LogP contribution in [0, 0.1) is 6.92 Å². The van der Waals surface area contributed by atoms with Crippen molar-refractivity contribution in [3.63, 3.8) is 0 Å². The highest BCUT2D eigenvalue weighted by molar-refractivity contribution is 7.84. The molecule has 0 bridgehead atoms. The number of rotatable bonds is 3. The van der Waals surface area contributed by atoms with Crippen LogP contribution in [0.2, 0.25) is 0 Å². The number of aryl methyl sites for hydroxylation is 1. The van der Waals surface area contributed by atoms with E-state index in [2.05, 4.69) is 0 Å². The SMILES string of the molecule is Cc1ccccc1OS(=O)(=O)N1CCCCC1. The third-order valence-corrected chi connectivity index (χ3v) is 4.31. The van der Waals surface area contributed by atoms with E-state index in [9.17, 15) is 8.42 Å². The van der Waals surface area contributed by atoms with Gasteiger partial charge >= 0.3 is 10.3 Å². The van der Waals surface area contributed by atoms with Crippen molar-refractivity contribution in [1.29, 1.82) is 0 Å². The summed E-state index contributed by atoms with van der Waals surface area (Å²) < 4.78 is 30.6. The quantitative estimate of drug-likeness (QED) is 0.831. The Balaban J connectivity index is 2.14. The fraction of sp³-hybridized carbons (Fsp3) is 0.500. The summed E-state index contributed by atoms with van der Waals surface area (Å²) in [5.74, 6) is 0.415. The molecule has 1 aliphatic rings. The Bertz CT molecular complexity index is 478. The van der Waals surface area contributed by atoms with Crippen molar-refractivity contribution in [2.45, 2.75) is 26.2 Å². The Kier molecular flexibility index (Phi) is 3.69. The van der Waals surface area contributed by atoms with Gasteiger partial charge in [-0.1, -0.05) is 24.6 Å². The van der Waals surface area contributed by atoms with Crippen molar-refractivity contribution in [3.05, 3.63) is 29.8 Å². The van der Waals surface area contributed by atoms with Crippen LogP contribution in [0.15, 0.2) is 24.3 Å². The summed E-state index contributed by atoms with van der Waals surface area (Å²) in [5.41, 5.74) is 0.827. The zero-order valence-electron chi connectivity index (χ0n) is 9.93. The number of para-hydroxylation sites is 1. The predicted octanol–water partition coefficient (Wildman–Crippen LogP) is 2.10. The Morgan fingerprint density at radius 2 is 1.76 bits per heavy atom. The summed E-state index contributed by atoms with van der Waals surface area (Å²) in [6, 6.07) is 7.14. The molecule has 0 radical (unpaired) electrons. The van der Waals surface area contributed by atoms with Gasteiger partial charge in [0.15, 0.2) is 0 Å². The first-order chi connectivity index (χ1) is 8.09. The van der Waals surface area contributed by atoms with Crippen molar-refractivity contribution < 1.29 is 12.6 Å². The second-order valence-electron chi connectivity index (χ2n) is 4.27. The maximum absolute atomic E-state index is 12.0. The number of hydrogen-bond acceptors (Lipinski definition) is 3. The number of hydrogen-bond donors (Lipinski definition) is 0. The molecule has 17 heavy (non-hydrogen) atoms. The molecule has 1 heterocycles. The van der Waals surface area contributed by atoms with Crippen molar-refractivity contribution in [2.24, 2.45) is 0 Å². The predicted molar refractivity (Wildman–Crippen MR) is 66.2 cm³/mol. The summed E-state index contributed by atoms with van der Waals surface area (Å²) in [6.07, 6.45) is 2.92. The van der Waals surface area contributed by atoms with Gasteiger partial charge in [0.05, 0.1) is 0 Å². The molecule has 94 valence electrons. The lowest BCUT2D eigenvalue weighted by Crippen LogP contribution is -2.38. The van der Waals surface area contributed by atoms with Gasteiger partial charge in [-0.25, -0.2) is 0 Å². The average Bonchev–Trinajstić information content (AvgIpc) is 2.33. The van der Waals surface area contributed by atoms with E-state index in [4.69, 9.17) is 4.18 Å². The monoisotopic (exact) mass is 255 g/mol. The Morgan fingerprint density at radius 1 is 1.12 bits per heavy atom. The molecule has 1 saturated heterocycles. The van der Waals surface area contributed by atoms with Gasteiger partial charge in [-0.2, -0.15) is 12.7 Å². The first kappa shape index (κ1) is 12.4. The average molecular weight is 255 g/mol. The van der Waals surface area contributed by atoms with Gasteiger partial charge in [0.1, 0.15) is 5.75 Å². The molecule has 0 amide bonds. The van der Waals surface area contributed by atoms with E-state index in [0.717, 1.165) is 24.8 Å². The van der Waals surface area contributed by atoms with Gasteiger partial charge in [-0.05, 0) is 31.4 Å². The lowest BCUT2D eigenvalue weighted by atomic mass is 10.2. The van der Waals surface area contributed by atoms with E-state index in [1.807, 2.05) is 19.1 Å². The van der Waals surface area contributed by atoms with Crippen LogP contribution in [0.5, 0.6) is 5.75 Å². The lowest BCUT2D eigenvalue weighted by molar-refractivity contribution is 0.312. The minimum atomic E-state index is -3.63. The van der Waals surface area contributed by atoms with Crippen LogP contribution in [0.4, 0.5) is 0 Å². The van der Waals surface area contributed by atoms with E-state index < -0.39 is 10.3 Å². The van der Waals surface area contributed by atoms with Crippen LogP contribution in [-0.2, 0) is 10.3 Å². The van der Waals surface area contributed by atoms with Crippen LogP contribution in [0.1, 0.15) is 24.8 Å². The highest BCUT2D eigenvalue weighted by atomic mass is 32.2. The van der Waals surface area contributed by atoms with Gasteiger partial charge in [0, 0.05) is 13.1 Å². The molecule has 5 heteroatoms. The molecule has 4 nitrogen and oxygen atoms in total. The van der Waals surface area contributed by atoms with Crippen molar-refractivity contribution >= 4 is 10.3 Å². The van der Waals surface area contributed by atoms with Gasteiger partial charge in [0.2, 0.25) is 0 Å². The van der Waals surface area contributed by atoms with Crippen LogP contribution >= 0.6 is 0 Å². The van der Waals surface area contributed by atoms with Crippen LogP contribution in [0.25, 0.3) is 0 Å². The number of piperidine rings is 1. The molecule has 0 unspecified atom stereocenters. The van der Waals surface area contributed by atoms with Crippen LogP contribution in [-0.4, -0.2) is 25.8 Å². The second kappa shape index (κ2) is 5.06. The standard InChI is InChI=1S/C12H17NO3S/c1-11-7-3-4-8-12(11)16-17(14,15)13-9-5-2-6-10-13/h3-4,7-8H,2,5-6,9-10H2,1H3. The highest BCUT2D eigenvalue weighted by Crippen LogP contribution is 2.21. The molecule has 1 fully saturated rings. The Hall–Kier alpha value is -1.07. The van der Waals surface area contributed by atoms with Crippen molar-refractivity contribution in [3.8, 4) is 5.75 Å². The number of nitrogens with zero attached hydrogens (tertiary/aromatic N) is 1. The van der Waals surface area contributed by atoms with E-state index >= 15 is 0 Å². The minimum Gasteiger partial charge on any atom is -0.370 e. The van der Waals surface area contributed by atoms with E-state index in [1.54, 1.807) is 12.1 Å². The number of benzene rings is 1. The summed E-state index contributed by atoms with van der Waals surface area (Å²) >= 11 is 0. The molecule has 0 atom stereocenters. The summed E-state index contributed by atoms with van der Waals surface area (Å²) in [6.45, 7) is 2.96. The summed E-state index contributed by atoms with van der Waals surface area (Å²) in [7, 11) is -3.63.